The fourth-order valence-electron chi connectivity index (χ4n) is 1.94. The molecule has 0 aromatic heterocycles. The second kappa shape index (κ2) is 8.97. The Morgan fingerprint density at radius 2 is 1.62 bits per heavy atom. The molecule has 128 valence electrons. The van der Waals surface area contributed by atoms with Crippen molar-refractivity contribution < 1.29 is 14.2 Å². The van der Waals surface area contributed by atoms with Gasteiger partial charge in [0.1, 0.15) is 24.0 Å². The van der Waals surface area contributed by atoms with Crippen molar-refractivity contribution in [2.45, 2.75) is 6.92 Å². The molecule has 4 nitrogen and oxygen atoms in total. The Morgan fingerprint density at radius 1 is 0.958 bits per heavy atom. The van der Waals surface area contributed by atoms with Crippen LogP contribution in [0.25, 0.3) is 0 Å². The van der Waals surface area contributed by atoms with Crippen LogP contribution in [0.3, 0.4) is 0 Å². The van der Waals surface area contributed by atoms with Gasteiger partial charge in [-0.15, -0.1) is 0 Å². The lowest BCUT2D eigenvalue weighted by molar-refractivity contribution is 0.208. The Labute approximate surface area is 156 Å². The normalized spacial score (nSPS) is 10.3. The van der Waals surface area contributed by atoms with Gasteiger partial charge < -0.3 is 19.9 Å². The average Bonchev–Trinajstić information content (AvgIpc) is 2.54. The molecule has 0 saturated heterocycles. The molecule has 2 N–H and O–H groups in total. The fraction of sp³-hybridized carbons (Fsp3) is 0.235. The van der Waals surface area contributed by atoms with Crippen LogP contribution in [-0.4, -0.2) is 24.8 Å². The molecule has 0 aliphatic rings. The van der Waals surface area contributed by atoms with E-state index in [1.165, 1.54) is 0 Å². The highest BCUT2D eigenvalue weighted by molar-refractivity contribution is 7.80. The first-order valence-corrected chi connectivity index (χ1v) is 8.45. The number of hydrogen-bond acceptors (Lipinski definition) is 4. The van der Waals surface area contributed by atoms with Crippen molar-refractivity contribution in [2.75, 3.05) is 19.8 Å². The summed E-state index contributed by atoms with van der Waals surface area (Å²) in [6.07, 6.45) is 0. The number of nitrogens with two attached hydrogens (primary N) is 1. The Hall–Kier alpha value is -1.69. The molecule has 7 heteroatoms. The van der Waals surface area contributed by atoms with Crippen LogP contribution in [0.15, 0.2) is 36.4 Å². The number of hydrogen-bond donors (Lipinski definition) is 1. The van der Waals surface area contributed by atoms with E-state index in [4.69, 9.17) is 55.4 Å². The topological polar surface area (TPSA) is 53.7 Å². The second-order valence-electron chi connectivity index (χ2n) is 4.73. The summed E-state index contributed by atoms with van der Waals surface area (Å²) in [4.78, 5) is 0.309. The first-order valence-electron chi connectivity index (χ1n) is 7.28. The predicted octanol–water partition coefficient (Wildman–Crippen LogP) is 4.48. The van der Waals surface area contributed by atoms with Gasteiger partial charge in [0.15, 0.2) is 11.5 Å². The molecule has 0 atom stereocenters. The Balaban J connectivity index is 1.95. The average molecular weight is 386 g/mol. The monoisotopic (exact) mass is 385 g/mol. The van der Waals surface area contributed by atoms with Gasteiger partial charge in [-0.05, 0) is 43.3 Å². The molecule has 2 aromatic rings. The zero-order valence-electron chi connectivity index (χ0n) is 13.1. The van der Waals surface area contributed by atoms with Gasteiger partial charge in [-0.3, -0.25) is 0 Å². The van der Waals surface area contributed by atoms with Gasteiger partial charge in [-0.25, -0.2) is 0 Å². The lowest BCUT2D eigenvalue weighted by atomic mass is 10.2. The maximum atomic E-state index is 6.04. The minimum atomic E-state index is 0.309. The van der Waals surface area contributed by atoms with E-state index in [1.54, 1.807) is 36.4 Å². The molecule has 0 fully saturated rings. The highest BCUT2D eigenvalue weighted by Gasteiger charge is 2.08. The molecule has 2 rings (SSSR count). The van der Waals surface area contributed by atoms with Crippen molar-refractivity contribution in [3.8, 4) is 17.2 Å². The van der Waals surface area contributed by atoms with Crippen LogP contribution in [0.4, 0.5) is 0 Å². The zero-order valence-corrected chi connectivity index (χ0v) is 15.4. The molecule has 2 aromatic carbocycles. The smallest absolute Gasteiger partial charge is 0.161 e. The molecule has 0 aliphatic heterocycles. The van der Waals surface area contributed by atoms with Gasteiger partial charge >= 0.3 is 0 Å². The summed E-state index contributed by atoms with van der Waals surface area (Å²) in [6.45, 7) is 3.05. The first-order chi connectivity index (χ1) is 11.5. The number of halogens is 2. The molecule has 0 spiro atoms. The van der Waals surface area contributed by atoms with E-state index in [1.807, 2.05) is 6.92 Å². The third-order valence-corrected chi connectivity index (χ3v) is 3.79. The molecular formula is C17H17Cl2NO3S. The van der Waals surface area contributed by atoms with E-state index < -0.39 is 0 Å². The van der Waals surface area contributed by atoms with Gasteiger partial charge in [0.2, 0.25) is 0 Å². The molecule has 0 radical (unpaired) electrons. The van der Waals surface area contributed by atoms with Gasteiger partial charge in [0.25, 0.3) is 0 Å². The summed E-state index contributed by atoms with van der Waals surface area (Å²) in [7, 11) is 0. The summed E-state index contributed by atoms with van der Waals surface area (Å²) >= 11 is 16.9. The molecule has 0 aliphatic carbocycles. The molecule has 0 unspecified atom stereocenters. The SMILES string of the molecule is CCOc1cc(C(N)=S)ccc1OCCOc1ccc(Cl)cc1Cl. The van der Waals surface area contributed by atoms with Crippen molar-refractivity contribution in [1.29, 1.82) is 0 Å². The standard InChI is InChI=1S/C17H17Cl2NO3S/c1-2-21-16-9-11(17(20)24)3-5-15(16)23-8-7-22-14-6-4-12(18)10-13(14)19/h3-6,9-10H,2,7-8H2,1H3,(H2,20,24). The molecule has 0 saturated carbocycles. The first kappa shape index (κ1) is 18.6. The predicted molar refractivity (Wildman–Crippen MR) is 101 cm³/mol. The minimum Gasteiger partial charge on any atom is -0.490 e. The van der Waals surface area contributed by atoms with Crippen molar-refractivity contribution in [1.82, 2.24) is 0 Å². The Bertz CT molecular complexity index is 725. The van der Waals surface area contributed by atoms with E-state index in [9.17, 15) is 0 Å². The number of thiocarbonyl (C=S) groups is 1. The van der Waals surface area contributed by atoms with Crippen molar-refractivity contribution in [3.63, 3.8) is 0 Å². The number of ether oxygens (including phenoxy) is 3. The minimum absolute atomic E-state index is 0.309. The third kappa shape index (κ3) is 5.16. The number of benzene rings is 2. The fourth-order valence-corrected chi connectivity index (χ4v) is 2.53. The Kier molecular flexibility index (Phi) is 6.97. The van der Waals surface area contributed by atoms with Crippen LogP contribution in [-0.2, 0) is 0 Å². The molecule has 0 amide bonds. The van der Waals surface area contributed by atoms with Crippen molar-refractivity contribution in [2.24, 2.45) is 5.73 Å². The van der Waals surface area contributed by atoms with Crippen LogP contribution in [0, 0.1) is 0 Å². The maximum absolute atomic E-state index is 6.04. The third-order valence-electron chi connectivity index (χ3n) is 3.02. The van der Waals surface area contributed by atoms with E-state index in [0.29, 0.717) is 52.1 Å². The summed E-state index contributed by atoms with van der Waals surface area (Å²) in [6, 6.07) is 10.4. The van der Waals surface area contributed by atoms with E-state index in [0.717, 1.165) is 5.56 Å². The van der Waals surface area contributed by atoms with Crippen LogP contribution in [0.1, 0.15) is 12.5 Å². The number of rotatable bonds is 8. The second-order valence-corrected chi connectivity index (χ2v) is 6.01. The highest BCUT2D eigenvalue weighted by Crippen LogP contribution is 2.29. The Morgan fingerprint density at radius 3 is 2.25 bits per heavy atom. The highest BCUT2D eigenvalue weighted by atomic mass is 35.5. The van der Waals surface area contributed by atoms with Crippen LogP contribution in [0.2, 0.25) is 10.0 Å². The van der Waals surface area contributed by atoms with E-state index in [-0.39, 0.29) is 0 Å². The van der Waals surface area contributed by atoms with Gasteiger partial charge in [-0.1, -0.05) is 35.4 Å². The molecule has 0 heterocycles. The van der Waals surface area contributed by atoms with E-state index in [2.05, 4.69) is 0 Å². The largest absolute Gasteiger partial charge is 0.490 e. The van der Waals surface area contributed by atoms with Gasteiger partial charge in [0.05, 0.1) is 11.6 Å². The lowest BCUT2D eigenvalue weighted by Gasteiger charge is -2.14. The van der Waals surface area contributed by atoms with Crippen molar-refractivity contribution >= 4 is 40.4 Å². The maximum Gasteiger partial charge on any atom is 0.161 e. The van der Waals surface area contributed by atoms with Gasteiger partial charge in [0, 0.05) is 10.6 Å². The van der Waals surface area contributed by atoms with Crippen molar-refractivity contribution in [3.05, 3.63) is 52.0 Å². The summed E-state index contributed by atoms with van der Waals surface area (Å²) in [5.41, 5.74) is 6.36. The summed E-state index contributed by atoms with van der Waals surface area (Å²) < 4.78 is 16.8. The summed E-state index contributed by atoms with van der Waals surface area (Å²) in [5.74, 6) is 1.74. The molecule has 24 heavy (non-hydrogen) atoms. The zero-order chi connectivity index (χ0) is 17.5. The van der Waals surface area contributed by atoms with Gasteiger partial charge in [-0.2, -0.15) is 0 Å². The van der Waals surface area contributed by atoms with E-state index >= 15 is 0 Å². The lowest BCUT2D eigenvalue weighted by Crippen LogP contribution is -2.12. The van der Waals surface area contributed by atoms with Crippen LogP contribution in [0.5, 0.6) is 17.2 Å². The molecular weight excluding hydrogens is 369 g/mol. The quantitative estimate of drug-likeness (QED) is 0.535. The van der Waals surface area contributed by atoms with Crippen LogP contribution < -0.4 is 19.9 Å². The molecule has 0 bridgehead atoms. The van der Waals surface area contributed by atoms with Crippen LogP contribution >= 0.6 is 35.4 Å². The summed E-state index contributed by atoms with van der Waals surface area (Å²) in [5, 5.41) is 1.01.